The number of hydrogen-bond donors (Lipinski definition) is 1. The molecule has 2 aromatic carbocycles. The minimum atomic E-state index is -4.23. The number of nitrogens with one attached hydrogen (secondary N) is 1. The van der Waals surface area contributed by atoms with Crippen LogP contribution in [0.25, 0.3) is 5.69 Å². The van der Waals surface area contributed by atoms with Gasteiger partial charge in [0.2, 0.25) is 0 Å². The zero-order valence-electron chi connectivity index (χ0n) is 12.6. The SMILES string of the molecule is Cc1nnnn1-c1ccc(F)c(NS(=O)(=O)c2ccc(F)cc2Cl)c1. The topological polar surface area (TPSA) is 89.8 Å². The second-order valence-electron chi connectivity index (χ2n) is 4.98. The first kappa shape index (κ1) is 17.2. The summed E-state index contributed by atoms with van der Waals surface area (Å²) in [6.07, 6.45) is 0. The lowest BCUT2D eigenvalue weighted by molar-refractivity contribution is 0.597. The van der Waals surface area contributed by atoms with Crippen LogP contribution in [0, 0.1) is 18.6 Å². The predicted molar refractivity (Wildman–Crippen MR) is 86.1 cm³/mol. The highest BCUT2D eigenvalue weighted by molar-refractivity contribution is 7.92. The highest BCUT2D eigenvalue weighted by atomic mass is 35.5. The molecule has 3 rings (SSSR count). The summed E-state index contributed by atoms with van der Waals surface area (Å²) < 4.78 is 55.4. The van der Waals surface area contributed by atoms with Crippen molar-refractivity contribution < 1.29 is 17.2 Å². The quantitative estimate of drug-likeness (QED) is 0.745. The number of sulfonamides is 1. The number of rotatable bonds is 4. The van der Waals surface area contributed by atoms with Crippen LogP contribution in [0.2, 0.25) is 5.02 Å². The molecule has 0 aliphatic heterocycles. The van der Waals surface area contributed by atoms with Gasteiger partial charge in [0.15, 0.2) is 5.82 Å². The standard InChI is InChI=1S/C14H10ClF2N5O2S/c1-8-18-20-21-22(8)10-3-4-12(17)13(7-10)19-25(23,24)14-5-2-9(16)6-11(14)15/h2-7,19H,1H3. The molecule has 0 amide bonds. The Morgan fingerprint density at radius 2 is 1.92 bits per heavy atom. The largest absolute Gasteiger partial charge is 0.277 e. The molecule has 0 unspecified atom stereocenters. The average Bonchev–Trinajstić information content (AvgIpc) is 2.95. The third-order valence-electron chi connectivity index (χ3n) is 3.25. The van der Waals surface area contributed by atoms with Crippen LogP contribution in [-0.4, -0.2) is 28.6 Å². The monoisotopic (exact) mass is 385 g/mol. The molecule has 130 valence electrons. The smallest absolute Gasteiger partial charge is 0.263 e. The lowest BCUT2D eigenvalue weighted by Crippen LogP contribution is -2.15. The molecule has 0 spiro atoms. The lowest BCUT2D eigenvalue weighted by Gasteiger charge is -2.12. The van der Waals surface area contributed by atoms with Crippen LogP contribution in [0.3, 0.4) is 0 Å². The Bertz CT molecular complexity index is 1060. The van der Waals surface area contributed by atoms with Crippen molar-refractivity contribution in [2.45, 2.75) is 11.8 Å². The summed E-state index contributed by atoms with van der Waals surface area (Å²) >= 11 is 5.77. The fourth-order valence-electron chi connectivity index (χ4n) is 2.09. The highest BCUT2D eigenvalue weighted by Crippen LogP contribution is 2.26. The predicted octanol–water partition coefficient (Wildman–Crippen LogP) is 2.70. The molecule has 0 bridgehead atoms. The Labute approximate surface area is 146 Å². The Morgan fingerprint density at radius 1 is 1.16 bits per heavy atom. The van der Waals surface area contributed by atoms with E-state index in [1.807, 2.05) is 0 Å². The first-order valence-electron chi connectivity index (χ1n) is 6.81. The second-order valence-corrected chi connectivity index (χ2v) is 7.04. The van der Waals surface area contributed by atoms with Crippen molar-refractivity contribution in [1.29, 1.82) is 0 Å². The molecule has 0 fully saturated rings. The van der Waals surface area contributed by atoms with Gasteiger partial charge in [0, 0.05) is 0 Å². The second kappa shape index (κ2) is 6.37. The Balaban J connectivity index is 2.01. The van der Waals surface area contributed by atoms with E-state index in [2.05, 4.69) is 20.2 Å². The zero-order valence-corrected chi connectivity index (χ0v) is 14.2. The van der Waals surface area contributed by atoms with Gasteiger partial charge in [-0.25, -0.2) is 17.2 Å². The summed E-state index contributed by atoms with van der Waals surface area (Å²) in [4.78, 5) is -0.376. The highest BCUT2D eigenvalue weighted by Gasteiger charge is 2.20. The summed E-state index contributed by atoms with van der Waals surface area (Å²) in [5.74, 6) is -1.07. The van der Waals surface area contributed by atoms with E-state index in [0.29, 0.717) is 11.5 Å². The first-order valence-corrected chi connectivity index (χ1v) is 8.67. The van der Waals surface area contributed by atoms with Crippen molar-refractivity contribution in [3.63, 3.8) is 0 Å². The van der Waals surface area contributed by atoms with Gasteiger partial charge in [-0.1, -0.05) is 11.6 Å². The molecule has 11 heteroatoms. The summed E-state index contributed by atoms with van der Waals surface area (Å²) in [6.45, 7) is 1.63. The number of nitrogens with zero attached hydrogens (tertiary/aromatic N) is 4. The number of aromatic nitrogens is 4. The number of halogens is 3. The molecule has 0 aliphatic carbocycles. The lowest BCUT2D eigenvalue weighted by atomic mass is 10.2. The van der Waals surface area contributed by atoms with E-state index >= 15 is 0 Å². The van der Waals surface area contributed by atoms with E-state index in [-0.39, 0.29) is 15.6 Å². The number of aryl methyl sites for hydroxylation is 1. The van der Waals surface area contributed by atoms with Gasteiger partial charge >= 0.3 is 0 Å². The number of hydrogen-bond acceptors (Lipinski definition) is 5. The molecule has 1 N–H and O–H groups in total. The van der Waals surface area contributed by atoms with Crippen LogP contribution in [0.15, 0.2) is 41.3 Å². The fourth-order valence-corrected chi connectivity index (χ4v) is 3.68. The van der Waals surface area contributed by atoms with Crippen molar-refractivity contribution in [3.05, 3.63) is 58.9 Å². The van der Waals surface area contributed by atoms with E-state index in [1.54, 1.807) is 6.92 Å². The summed E-state index contributed by atoms with van der Waals surface area (Å²) in [5, 5.41) is 10.6. The molecule has 0 saturated heterocycles. The maximum absolute atomic E-state index is 14.0. The number of tetrazole rings is 1. The van der Waals surface area contributed by atoms with Gasteiger partial charge in [-0.3, -0.25) is 4.72 Å². The van der Waals surface area contributed by atoms with Crippen LogP contribution < -0.4 is 4.72 Å². The van der Waals surface area contributed by atoms with Gasteiger partial charge in [-0.05, 0) is 53.7 Å². The molecule has 3 aromatic rings. The minimum absolute atomic E-state index is 0.319. The van der Waals surface area contributed by atoms with Crippen molar-refractivity contribution >= 4 is 27.3 Å². The maximum Gasteiger partial charge on any atom is 0.263 e. The van der Waals surface area contributed by atoms with Crippen LogP contribution in [0.5, 0.6) is 0 Å². The minimum Gasteiger partial charge on any atom is -0.277 e. The first-order chi connectivity index (χ1) is 11.8. The van der Waals surface area contributed by atoms with Gasteiger partial charge in [-0.2, -0.15) is 4.68 Å². The molecule has 0 atom stereocenters. The number of anilines is 1. The maximum atomic E-state index is 14.0. The van der Waals surface area contributed by atoms with E-state index < -0.39 is 21.7 Å². The Morgan fingerprint density at radius 3 is 2.56 bits per heavy atom. The van der Waals surface area contributed by atoms with E-state index in [9.17, 15) is 17.2 Å². The van der Waals surface area contributed by atoms with Crippen molar-refractivity contribution in [2.75, 3.05) is 4.72 Å². The molecule has 1 aromatic heterocycles. The van der Waals surface area contributed by atoms with Gasteiger partial charge in [0.05, 0.1) is 16.4 Å². The zero-order chi connectivity index (χ0) is 18.2. The van der Waals surface area contributed by atoms with Gasteiger partial charge in [0.25, 0.3) is 10.0 Å². The third kappa shape index (κ3) is 3.44. The molecule has 1 heterocycles. The molecule has 0 saturated carbocycles. The molecular weight excluding hydrogens is 376 g/mol. The van der Waals surface area contributed by atoms with Gasteiger partial charge in [0.1, 0.15) is 16.5 Å². The van der Waals surface area contributed by atoms with Crippen molar-refractivity contribution in [1.82, 2.24) is 20.2 Å². The van der Waals surface area contributed by atoms with Crippen LogP contribution in [0.4, 0.5) is 14.5 Å². The molecular formula is C14H10ClF2N5O2S. The fraction of sp³-hybridized carbons (Fsp3) is 0.0714. The molecule has 0 radical (unpaired) electrons. The van der Waals surface area contributed by atoms with Crippen LogP contribution in [-0.2, 0) is 10.0 Å². The molecule has 7 nitrogen and oxygen atoms in total. The summed E-state index contributed by atoms with van der Waals surface area (Å²) in [6, 6.07) is 6.48. The Hall–Kier alpha value is -2.59. The van der Waals surface area contributed by atoms with Crippen LogP contribution in [0.1, 0.15) is 5.82 Å². The molecule has 0 aliphatic rings. The van der Waals surface area contributed by atoms with Crippen molar-refractivity contribution in [3.8, 4) is 5.69 Å². The van der Waals surface area contributed by atoms with Gasteiger partial charge in [-0.15, -0.1) is 5.10 Å². The van der Waals surface area contributed by atoms with E-state index in [1.165, 1.54) is 16.8 Å². The summed E-state index contributed by atoms with van der Waals surface area (Å²) in [5.41, 5.74) is 0.0274. The van der Waals surface area contributed by atoms with Crippen molar-refractivity contribution in [2.24, 2.45) is 0 Å². The normalized spacial score (nSPS) is 11.5. The van der Waals surface area contributed by atoms with E-state index in [4.69, 9.17) is 11.6 Å². The number of benzene rings is 2. The van der Waals surface area contributed by atoms with Crippen LogP contribution >= 0.6 is 11.6 Å². The van der Waals surface area contributed by atoms with Gasteiger partial charge < -0.3 is 0 Å². The molecule has 25 heavy (non-hydrogen) atoms. The third-order valence-corrected chi connectivity index (χ3v) is 5.10. The average molecular weight is 386 g/mol. The van der Waals surface area contributed by atoms with E-state index in [0.717, 1.165) is 24.3 Å². The summed E-state index contributed by atoms with van der Waals surface area (Å²) in [7, 11) is -4.23. The Kier molecular flexibility index (Phi) is 4.39.